The topological polar surface area (TPSA) is 55.0 Å². The first-order valence-corrected chi connectivity index (χ1v) is 21.5. The SMILES string of the molecule is CN(C)CCNCCSc1ccccc1.c1ccc(SCCNCCN2CCCC2)cc1.c1ccc(SCCNCCN2CCOCC2)cc1. The minimum atomic E-state index is 0.893. The van der Waals surface area contributed by atoms with E-state index in [0.29, 0.717) is 0 Å². The highest BCUT2D eigenvalue weighted by atomic mass is 32.2. The maximum atomic E-state index is 5.33. The third-order valence-electron chi connectivity index (χ3n) is 8.12. The summed E-state index contributed by atoms with van der Waals surface area (Å²) >= 11 is 5.74. The number of hydrogen-bond donors (Lipinski definition) is 3. The Morgan fingerprint density at radius 2 is 0.900 bits per heavy atom. The number of nitrogens with zero attached hydrogens (tertiary/aromatic N) is 3. The fourth-order valence-electron chi connectivity index (χ4n) is 5.26. The smallest absolute Gasteiger partial charge is 0.0594 e. The number of morpholine rings is 1. The molecule has 0 unspecified atom stereocenters. The second kappa shape index (κ2) is 29.9. The van der Waals surface area contributed by atoms with Gasteiger partial charge in [-0.3, -0.25) is 4.90 Å². The summed E-state index contributed by atoms with van der Waals surface area (Å²) in [6, 6.07) is 31.7. The van der Waals surface area contributed by atoms with Crippen molar-refractivity contribution in [3.8, 4) is 0 Å². The summed E-state index contributed by atoms with van der Waals surface area (Å²) in [5.41, 5.74) is 0. The molecular formula is C40H64N6OS3. The van der Waals surface area contributed by atoms with E-state index >= 15 is 0 Å². The monoisotopic (exact) mass is 740 g/mol. The molecule has 10 heteroatoms. The molecule has 0 saturated carbocycles. The molecule has 0 spiro atoms. The lowest BCUT2D eigenvalue weighted by atomic mass is 10.4. The molecule has 0 bridgehead atoms. The van der Waals surface area contributed by atoms with Gasteiger partial charge in [0.25, 0.3) is 0 Å². The molecular weight excluding hydrogens is 677 g/mol. The molecule has 2 aliphatic rings. The molecule has 7 nitrogen and oxygen atoms in total. The summed E-state index contributed by atoms with van der Waals surface area (Å²) in [6.07, 6.45) is 2.79. The fraction of sp³-hybridized carbons (Fsp3) is 0.550. The summed E-state index contributed by atoms with van der Waals surface area (Å²) in [7, 11) is 4.20. The number of rotatable bonds is 21. The Hall–Kier alpha value is -1.57. The molecule has 3 aromatic carbocycles. The quantitative estimate of drug-likeness (QED) is 0.0884. The van der Waals surface area contributed by atoms with Crippen molar-refractivity contribution in [1.29, 1.82) is 0 Å². The van der Waals surface area contributed by atoms with Gasteiger partial charge in [0, 0.05) is 104 Å². The largest absolute Gasteiger partial charge is 0.379 e. The van der Waals surface area contributed by atoms with Gasteiger partial charge in [-0.15, -0.1) is 35.3 Å². The zero-order valence-electron chi connectivity index (χ0n) is 30.8. The van der Waals surface area contributed by atoms with E-state index in [-0.39, 0.29) is 0 Å². The van der Waals surface area contributed by atoms with Crippen LogP contribution < -0.4 is 16.0 Å². The highest BCUT2D eigenvalue weighted by molar-refractivity contribution is 7.99. The molecule has 2 aliphatic heterocycles. The van der Waals surface area contributed by atoms with Gasteiger partial charge < -0.3 is 30.5 Å². The van der Waals surface area contributed by atoms with Gasteiger partial charge in [-0.25, -0.2) is 0 Å². The van der Waals surface area contributed by atoms with Gasteiger partial charge in [-0.1, -0.05) is 54.6 Å². The Balaban J connectivity index is 0.000000204. The van der Waals surface area contributed by atoms with Gasteiger partial charge in [-0.05, 0) is 76.4 Å². The molecule has 278 valence electrons. The third kappa shape index (κ3) is 23.1. The van der Waals surface area contributed by atoms with E-state index in [9.17, 15) is 0 Å². The van der Waals surface area contributed by atoms with E-state index < -0.39 is 0 Å². The molecule has 50 heavy (non-hydrogen) atoms. The highest BCUT2D eigenvalue weighted by Crippen LogP contribution is 2.17. The minimum absolute atomic E-state index is 0.893. The van der Waals surface area contributed by atoms with Crippen LogP contribution in [-0.4, -0.2) is 144 Å². The fourth-order valence-corrected chi connectivity index (χ4v) is 7.75. The van der Waals surface area contributed by atoms with E-state index in [2.05, 4.69) is 136 Å². The summed E-state index contributed by atoms with van der Waals surface area (Å²) in [4.78, 5) is 11.3. The molecule has 0 radical (unpaired) electrons. The Morgan fingerprint density at radius 1 is 0.520 bits per heavy atom. The standard InChI is InChI=1S/C14H22N2OS.C14H22N2S.C12H20N2S/c1-2-4-14(5-3-1)18-13-7-15-6-8-16-9-11-17-12-10-16;1-2-6-14(7-3-1)17-13-9-15-8-12-16-10-4-5-11-16;1-14(2)10-8-13-9-11-15-12-6-4-3-5-7-12/h1-5,15H,6-13H2;1-3,6-7,15H,4-5,8-13H2;3-7,13H,8-11H2,1-2H3. The lowest BCUT2D eigenvalue weighted by Crippen LogP contribution is -2.40. The molecule has 2 heterocycles. The number of hydrogen-bond acceptors (Lipinski definition) is 10. The predicted molar refractivity (Wildman–Crippen MR) is 222 cm³/mol. The molecule has 0 aromatic heterocycles. The van der Waals surface area contributed by atoms with Crippen LogP contribution in [0.25, 0.3) is 0 Å². The summed E-state index contributed by atoms with van der Waals surface area (Å²) in [5, 5.41) is 10.4. The normalized spacial score (nSPS) is 14.9. The molecule has 2 saturated heterocycles. The molecule has 2 fully saturated rings. The lowest BCUT2D eigenvalue weighted by Gasteiger charge is -2.26. The van der Waals surface area contributed by atoms with E-state index in [1.54, 1.807) is 0 Å². The number of likely N-dealkylation sites (N-methyl/N-ethyl adjacent to an activating group) is 1. The first-order valence-electron chi connectivity index (χ1n) is 18.5. The van der Waals surface area contributed by atoms with Gasteiger partial charge in [0.2, 0.25) is 0 Å². The maximum Gasteiger partial charge on any atom is 0.0594 e. The van der Waals surface area contributed by atoms with Crippen LogP contribution in [0, 0.1) is 0 Å². The van der Waals surface area contributed by atoms with Gasteiger partial charge in [0.05, 0.1) is 13.2 Å². The van der Waals surface area contributed by atoms with Crippen molar-refractivity contribution in [3.63, 3.8) is 0 Å². The number of ether oxygens (including phenoxy) is 1. The molecule has 0 aliphatic carbocycles. The zero-order chi connectivity index (χ0) is 35.2. The van der Waals surface area contributed by atoms with E-state index in [4.69, 9.17) is 4.74 Å². The van der Waals surface area contributed by atoms with E-state index in [1.165, 1.54) is 47.2 Å². The Bertz CT molecular complexity index is 1150. The number of benzene rings is 3. The van der Waals surface area contributed by atoms with Crippen molar-refractivity contribution in [2.45, 2.75) is 27.5 Å². The van der Waals surface area contributed by atoms with Crippen LogP contribution in [0.4, 0.5) is 0 Å². The van der Waals surface area contributed by atoms with Crippen LogP contribution in [0.3, 0.4) is 0 Å². The lowest BCUT2D eigenvalue weighted by molar-refractivity contribution is 0.0385. The van der Waals surface area contributed by atoms with Crippen LogP contribution in [0.2, 0.25) is 0 Å². The average Bonchev–Trinajstić information content (AvgIpc) is 3.69. The van der Waals surface area contributed by atoms with Crippen molar-refractivity contribution < 1.29 is 4.74 Å². The van der Waals surface area contributed by atoms with Crippen molar-refractivity contribution in [1.82, 2.24) is 30.7 Å². The molecule has 3 N–H and O–H groups in total. The van der Waals surface area contributed by atoms with Crippen LogP contribution in [0.15, 0.2) is 106 Å². The Morgan fingerprint density at radius 3 is 1.30 bits per heavy atom. The van der Waals surface area contributed by atoms with Crippen molar-refractivity contribution in [2.24, 2.45) is 0 Å². The van der Waals surface area contributed by atoms with Crippen molar-refractivity contribution in [2.75, 3.05) is 130 Å². The summed E-state index contributed by atoms with van der Waals surface area (Å²) in [6.45, 7) is 16.6. The van der Waals surface area contributed by atoms with Crippen LogP contribution >= 0.6 is 35.3 Å². The summed E-state index contributed by atoms with van der Waals surface area (Å²) in [5.74, 6) is 3.43. The van der Waals surface area contributed by atoms with Crippen LogP contribution in [0.1, 0.15) is 12.8 Å². The number of likely N-dealkylation sites (tertiary alicyclic amines) is 1. The van der Waals surface area contributed by atoms with Gasteiger partial charge >= 0.3 is 0 Å². The predicted octanol–water partition coefficient (Wildman–Crippen LogP) is 6.09. The Kier molecular flexibility index (Phi) is 25.7. The van der Waals surface area contributed by atoms with Gasteiger partial charge in [0.15, 0.2) is 0 Å². The van der Waals surface area contributed by atoms with Gasteiger partial charge in [-0.2, -0.15) is 0 Å². The number of nitrogens with one attached hydrogen (secondary N) is 3. The average molecular weight is 741 g/mol. The molecule has 3 aromatic rings. The summed E-state index contributed by atoms with van der Waals surface area (Å²) < 4.78 is 5.33. The molecule has 0 atom stereocenters. The first-order chi connectivity index (χ1) is 24.7. The molecule has 5 rings (SSSR count). The zero-order valence-corrected chi connectivity index (χ0v) is 33.2. The van der Waals surface area contributed by atoms with Gasteiger partial charge in [0.1, 0.15) is 0 Å². The highest BCUT2D eigenvalue weighted by Gasteiger charge is 2.10. The molecule has 0 amide bonds. The van der Waals surface area contributed by atoms with Crippen molar-refractivity contribution in [3.05, 3.63) is 91.0 Å². The third-order valence-corrected chi connectivity index (χ3v) is 11.2. The van der Waals surface area contributed by atoms with E-state index in [1.807, 2.05) is 35.3 Å². The Labute approximate surface area is 317 Å². The van der Waals surface area contributed by atoms with Crippen molar-refractivity contribution >= 4 is 35.3 Å². The second-order valence-electron chi connectivity index (χ2n) is 12.5. The number of thioether (sulfide) groups is 3. The maximum absolute atomic E-state index is 5.33. The first kappa shape index (κ1) is 42.8. The minimum Gasteiger partial charge on any atom is -0.379 e. The van der Waals surface area contributed by atoms with Crippen LogP contribution in [0.5, 0.6) is 0 Å². The van der Waals surface area contributed by atoms with Crippen LogP contribution in [-0.2, 0) is 4.74 Å². The second-order valence-corrected chi connectivity index (χ2v) is 16.0. The van der Waals surface area contributed by atoms with E-state index in [0.717, 1.165) is 95.9 Å².